The Morgan fingerprint density at radius 3 is 3.14 bits per heavy atom. The molecule has 6 heteroatoms. The highest BCUT2D eigenvalue weighted by molar-refractivity contribution is 5.64. The molecule has 14 heavy (non-hydrogen) atoms. The van der Waals surface area contributed by atoms with Gasteiger partial charge in [0.05, 0.1) is 18.4 Å². The van der Waals surface area contributed by atoms with Gasteiger partial charge in [-0.05, 0) is 0 Å². The van der Waals surface area contributed by atoms with E-state index in [1.165, 1.54) is 6.20 Å². The minimum Gasteiger partial charge on any atom is -0.489 e. The van der Waals surface area contributed by atoms with E-state index in [9.17, 15) is 4.79 Å². The second-order valence-corrected chi connectivity index (χ2v) is 2.49. The van der Waals surface area contributed by atoms with Crippen molar-refractivity contribution in [3.05, 3.63) is 18.5 Å². The SMILES string of the molecule is Nc1cnccc1OCCNC(=O)O. The van der Waals surface area contributed by atoms with E-state index < -0.39 is 6.09 Å². The second kappa shape index (κ2) is 4.90. The lowest BCUT2D eigenvalue weighted by atomic mass is 10.4. The maximum atomic E-state index is 10.1. The largest absolute Gasteiger partial charge is 0.489 e. The number of rotatable bonds is 4. The number of ether oxygens (including phenoxy) is 1. The van der Waals surface area contributed by atoms with Crippen LogP contribution in [0.1, 0.15) is 0 Å². The molecule has 0 saturated heterocycles. The van der Waals surface area contributed by atoms with Gasteiger partial charge in [-0.3, -0.25) is 4.98 Å². The average molecular weight is 197 g/mol. The lowest BCUT2D eigenvalue weighted by Gasteiger charge is -2.07. The van der Waals surface area contributed by atoms with E-state index in [4.69, 9.17) is 15.6 Å². The molecule has 0 aliphatic heterocycles. The first kappa shape index (κ1) is 10.1. The summed E-state index contributed by atoms with van der Waals surface area (Å²) in [5, 5.41) is 10.4. The van der Waals surface area contributed by atoms with Crippen LogP contribution in [0.4, 0.5) is 10.5 Å². The van der Waals surface area contributed by atoms with Gasteiger partial charge >= 0.3 is 6.09 Å². The van der Waals surface area contributed by atoms with Crippen molar-refractivity contribution in [1.29, 1.82) is 0 Å². The van der Waals surface area contributed by atoms with Gasteiger partial charge in [0.1, 0.15) is 12.4 Å². The van der Waals surface area contributed by atoms with E-state index in [2.05, 4.69) is 10.3 Å². The predicted molar refractivity (Wildman–Crippen MR) is 50.2 cm³/mol. The first-order chi connectivity index (χ1) is 6.70. The Morgan fingerprint density at radius 2 is 2.50 bits per heavy atom. The number of hydrogen-bond acceptors (Lipinski definition) is 4. The molecular formula is C8H11N3O3. The molecule has 0 radical (unpaired) electrons. The summed E-state index contributed by atoms with van der Waals surface area (Å²) in [6.07, 6.45) is 1.95. The van der Waals surface area contributed by atoms with Crippen LogP contribution in [0, 0.1) is 0 Å². The molecule has 76 valence electrons. The Bertz CT molecular complexity index is 316. The lowest BCUT2D eigenvalue weighted by molar-refractivity contribution is 0.191. The molecule has 0 aromatic carbocycles. The normalized spacial score (nSPS) is 9.43. The first-order valence-corrected chi connectivity index (χ1v) is 3.99. The zero-order valence-corrected chi connectivity index (χ0v) is 7.43. The van der Waals surface area contributed by atoms with E-state index in [1.54, 1.807) is 12.3 Å². The summed E-state index contributed by atoms with van der Waals surface area (Å²) in [5.74, 6) is 0.507. The van der Waals surface area contributed by atoms with Crippen LogP contribution < -0.4 is 15.8 Å². The molecule has 1 rings (SSSR count). The smallest absolute Gasteiger partial charge is 0.404 e. The Morgan fingerprint density at radius 1 is 1.71 bits per heavy atom. The third-order valence-electron chi connectivity index (χ3n) is 1.45. The molecule has 0 saturated carbocycles. The number of nitrogens with two attached hydrogens (primary N) is 1. The number of aromatic nitrogens is 1. The molecule has 1 heterocycles. The standard InChI is InChI=1S/C8H11N3O3/c9-6-5-10-2-1-7(6)14-4-3-11-8(12)13/h1-2,5,11H,3-4,9H2,(H,12,13). The van der Waals surface area contributed by atoms with Crippen LogP contribution in [0.25, 0.3) is 0 Å². The molecule has 6 nitrogen and oxygen atoms in total. The molecule has 0 bridgehead atoms. The van der Waals surface area contributed by atoms with E-state index in [0.717, 1.165) is 0 Å². The number of nitrogens with one attached hydrogen (secondary N) is 1. The maximum Gasteiger partial charge on any atom is 0.404 e. The monoisotopic (exact) mass is 197 g/mol. The van der Waals surface area contributed by atoms with Crippen LogP contribution in [0.2, 0.25) is 0 Å². The molecule has 0 aliphatic rings. The quantitative estimate of drug-likeness (QED) is 0.603. The zero-order valence-electron chi connectivity index (χ0n) is 7.43. The molecule has 0 atom stereocenters. The summed E-state index contributed by atoms with van der Waals surface area (Å²) in [5.41, 5.74) is 5.97. The van der Waals surface area contributed by atoms with Crippen molar-refractivity contribution < 1.29 is 14.6 Å². The van der Waals surface area contributed by atoms with Gasteiger partial charge in [-0.15, -0.1) is 0 Å². The number of anilines is 1. The topological polar surface area (TPSA) is 97.5 Å². The Hall–Kier alpha value is -1.98. The molecule has 0 aliphatic carbocycles. The summed E-state index contributed by atoms with van der Waals surface area (Å²) in [6.45, 7) is 0.456. The van der Waals surface area contributed by atoms with Crippen molar-refractivity contribution in [2.45, 2.75) is 0 Å². The van der Waals surface area contributed by atoms with Crippen molar-refractivity contribution in [2.24, 2.45) is 0 Å². The van der Waals surface area contributed by atoms with Gasteiger partial charge in [-0.1, -0.05) is 0 Å². The van der Waals surface area contributed by atoms with E-state index in [0.29, 0.717) is 11.4 Å². The number of nitrogens with zero attached hydrogens (tertiary/aromatic N) is 1. The lowest BCUT2D eigenvalue weighted by Crippen LogP contribution is -2.26. The van der Waals surface area contributed by atoms with Gasteiger partial charge < -0.3 is 20.9 Å². The molecule has 1 aromatic rings. The Labute approximate surface area is 80.7 Å². The highest BCUT2D eigenvalue weighted by atomic mass is 16.5. The molecule has 0 unspecified atom stereocenters. The van der Waals surface area contributed by atoms with Crippen LogP contribution in [-0.4, -0.2) is 29.3 Å². The molecule has 0 spiro atoms. The number of hydrogen-bond donors (Lipinski definition) is 3. The molecule has 4 N–H and O–H groups in total. The minimum atomic E-state index is -1.07. The van der Waals surface area contributed by atoms with Crippen molar-refractivity contribution >= 4 is 11.8 Å². The van der Waals surface area contributed by atoms with Gasteiger partial charge in [-0.2, -0.15) is 0 Å². The van der Waals surface area contributed by atoms with E-state index in [-0.39, 0.29) is 13.2 Å². The maximum absolute atomic E-state index is 10.1. The van der Waals surface area contributed by atoms with Gasteiger partial charge in [0.2, 0.25) is 0 Å². The molecular weight excluding hydrogens is 186 g/mol. The van der Waals surface area contributed by atoms with Crippen molar-refractivity contribution in [1.82, 2.24) is 10.3 Å². The average Bonchev–Trinajstić information content (AvgIpc) is 2.15. The third-order valence-corrected chi connectivity index (χ3v) is 1.45. The molecule has 1 aromatic heterocycles. The summed E-state index contributed by atoms with van der Waals surface area (Å²) >= 11 is 0. The van der Waals surface area contributed by atoms with Crippen molar-refractivity contribution in [3.63, 3.8) is 0 Å². The molecule has 1 amide bonds. The summed E-state index contributed by atoms with van der Waals surface area (Å²) < 4.78 is 5.20. The van der Waals surface area contributed by atoms with Crippen LogP contribution in [0.3, 0.4) is 0 Å². The van der Waals surface area contributed by atoms with Crippen LogP contribution in [-0.2, 0) is 0 Å². The van der Waals surface area contributed by atoms with Crippen LogP contribution >= 0.6 is 0 Å². The summed E-state index contributed by atoms with van der Waals surface area (Å²) in [6, 6.07) is 1.62. The van der Waals surface area contributed by atoms with E-state index >= 15 is 0 Å². The zero-order chi connectivity index (χ0) is 10.4. The van der Waals surface area contributed by atoms with Gasteiger partial charge in [0, 0.05) is 12.3 Å². The molecule has 0 fully saturated rings. The number of nitrogen functional groups attached to an aromatic ring is 1. The minimum absolute atomic E-state index is 0.219. The Balaban J connectivity index is 2.31. The summed E-state index contributed by atoms with van der Waals surface area (Å²) in [7, 11) is 0. The van der Waals surface area contributed by atoms with Gasteiger partial charge in [0.15, 0.2) is 0 Å². The highest BCUT2D eigenvalue weighted by Crippen LogP contribution is 2.17. The second-order valence-electron chi connectivity index (χ2n) is 2.49. The third kappa shape index (κ3) is 3.18. The predicted octanol–water partition coefficient (Wildman–Crippen LogP) is 0.310. The number of amides is 1. The summed E-state index contributed by atoms with van der Waals surface area (Å²) in [4.78, 5) is 13.9. The van der Waals surface area contributed by atoms with Crippen LogP contribution in [0.15, 0.2) is 18.5 Å². The van der Waals surface area contributed by atoms with Gasteiger partial charge in [0.25, 0.3) is 0 Å². The van der Waals surface area contributed by atoms with Crippen LogP contribution in [0.5, 0.6) is 5.75 Å². The fourth-order valence-corrected chi connectivity index (χ4v) is 0.844. The highest BCUT2D eigenvalue weighted by Gasteiger charge is 1.99. The van der Waals surface area contributed by atoms with Crippen molar-refractivity contribution in [3.8, 4) is 5.75 Å². The van der Waals surface area contributed by atoms with Crippen molar-refractivity contribution in [2.75, 3.05) is 18.9 Å². The number of carbonyl (C=O) groups is 1. The number of pyridine rings is 1. The first-order valence-electron chi connectivity index (χ1n) is 3.99. The fourth-order valence-electron chi connectivity index (χ4n) is 0.844. The van der Waals surface area contributed by atoms with Gasteiger partial charge in [-0.25, -0.2) is 4.79 Å². The number of carboxylic acid groups (broad SMARTS) is 1. The fraction of sp³-hybridized carbons (Fsp3) is 0.250. The van der Waals surface area contributed by atoms with E-state index in [1.807, 2.05) is 0 Å². The Kier molecular flexibility index (Phi) is 3.54.